The van der Waals surface area contributed by atoms with Crippen molar-refractivity contribution in [3.05, 3.63) is 65.2 Å². The first kappa shape index (κ1) is 23.7. The van der Waals surface area contributed by atoms with Crippen LogP contribution in [0.3, 0.4) is 0 Å². The van der Waals surface area contributed by atoms with Crippen LogP contribution in [0.2, 0.25) is 0 Å². The minimum absolute atomic E-state index is 0.141. The van der Waals surface area contributed by atoms with Gasteiger partial charge in [0, 0.05) is 12.2 Å². The quantitative estimate of drug-likeness (QED) is 0.579. The summed E-state index contributed by atoms with van der Waals surface area (Å²) in [6.07, 6.45) is -0.479. The van der Waals surface area contributed by atoms with E-state index in [4.69, 9.17) is 21.7 Å². The van der Waals surface area contributed by atoms with Crippen LogP contribution in [0.4, 0.5) is 10.5 Å². The molecule has 2 aromatic rings. The molecule has 2 rings (SSSR count). The first-order valence-corrected chi connectivity index (χ1v) is 10.4. The predicted molar refractivity (Wildman–Crippen MR) is 126 cm³/mol. The monoisotopic (exact) mass is 428 g/mol. The van der Waals surface area contributed by atoms with Gasteiger partial charge in [-0.25, -0.2) is 4.79 Å². The average Bonchev–Trinajstić information content (AvgIpc) is 2.64. The van der Waals surface area contributed by atoms with Crippen LogP contribution in [0, 0.1) is 0 Å². The molecule has 0 bridgehead atoms. The maximum Gasteiger partial charge on any atom is 0.412 e. The summed E-state index contributed by atoms with van der Waals surface area (Å²) in [5.41, 5.74) is 3.66. The third-order valence-electron chi connectivity index (χ3n) is 4.23. The number of rotatable bonds is 5. The zero-order chi connectivity index (χ0) is 22.4. The molecule has 30 heavy (non-hydrogen) atoms. The van der Waals surface area contributed by atoms with Gasteiger partial charge in [0.1, 0.15) is 12.2 Å². The summed E-state index contributed by atoms with van der Waals surface area (Å²) in [5, 5.41) is 6.18. The predicted octanol–water partition coefficient (Wildman–Crippen LogP) is 5.92. The molecule has 0 aliphatic carbocycles. The topological polar surface area (TPSA) is 59.6 Å². The molecule has 0 saturated carbocycles. The highest BCUT2D eigenvalue weighted by atomic mass is 32.1. The van der Waals surface area contributed by atoms with Crippen LogP contribution in [0.15, 0.2) is 48.5 Å². The van der Waals surface area contributed by atoms with Gasteiger partial charge in [-0.05, 0) is 67.2 Å². The molecule has 0 heterocycles. The molecule has 0 radical (unpaired) electrons. The number of carbonyl (C=O) groups is 1. The minimum atomic E-state index is -0.533. The van der Waals surface area contributed by atoms with Gasteiger partial charge in [-0.15, -0.1) is 0 Å². The van der Waals surface area contributed by atoms with Crippen molar-refractivity contribution in [2.45, 2.75) is 65.7 Å². The molecule has 0 aliphatic heterocycles. The standard InChI is InChI=1S/C24H32N2O3S/c1-23(2,3)19-11-7-17(8-12-19)15-25-22(30)28-16-18-9-13-20(14-10-18)26-21(27)29-24(4,5)6/h7-14H,15-16H2,1-6H3,(H,25,30)(H,26,27). The zero-order valence-electron chi connectivity index (χ0n) is 18.7. The van der Waals surface area contributed by atoms with Crippen molar-refractivity contribution in [3.63, 3.8) is 0 Å². The van der Waals surface area contributed by atoms with E-state index in [-0.39, 0.29) is 5.41 Å². The lowest BCUT2D eigenvalue weighted by Crippen LogP contribution is -2.27. The average molecular weight is 429 g/mol. The number of thiocarbonyl (C=S) groups is 1. The molecule has 2 N–H and O–H groups in total. The summed E-state index contributed by atoms with van der Waals surface area (Å²) in [7, 11) is 0. The van der Waals surface area contributed by atoms with E-state index in [1.807, 2.05) is 32.9 Å². The van der Waals surface area contributed by atoms with Crippen molar-refractivity contribution in [1.29, 1.82) is 0 Å². The van der Waals surface area contributed by atoms with Crippen molar-refractivity contribution in [1.82, 2.24) is 5.32 Å². The third kappa shape index (κ3) is 8.41. The van der Waals surface area contributed by atoms with E-state index in [1.54, 1.807) is 12.1 Å². The van der Waals surface area contributed by atoms with Crippen LogP contribution in [0.5, 0.6) is 0 Å². The first-order chi connectivity index (χ1) is 13.9. The molecule has 0 aromatic heterocycles. The lowest BCUT2D eigenvalue weighted by Gasteiger charge is -2.19. The maximum atomic E-state index is 11.8. The van der Waals surface area contributed by atoms with E-state index in [0.29, 0.717) is 24.0 Å². The van der Waals surface area contributed by atoms with Gasteiger partial charge in [-0.1, -0.05) is 57.2 Å². The molecule has 0 saturated heterocycles. The van der Waals surface area contributed by atoms with E-state index in [1.165, 1.54) is 5.56 Å². The third-order valence-corrected chi connectivity index (χ3v) is 4.49. The van der Waals surface area contributed by atoms with E-state index in [9.17, 15) is 4.79 Å². The van der Waals surface area contributed by atoms with Crippen molar-refractivity contribution in [2.24, 2.45) is 0 Å². The number of nitrogens with one attached hydrogen (secondary N) is 2. The normalized spacial score (nSPS) is 11.5. The van der Waals surface area contributed by atoms with Gasteiger partial charge in [0.25, 0.3) is 5.17 Å². The molecule has 0 spiro atoms. The van der Waals surface area contributed by atoms with Gasteiger partial charge in [0.2, 0.25) is 0 Å². The van der Waals surface area contributed by atoms with E-state index in [0.717, 1.165) is 11.1 Å². The van der Waals surface area contributed by atoms with Crippen molar-refractivity contribution < 1.29 is 14.3 Å². The Morgan fingerprint density at radius 1 is 0.900 bits per heavy atom. The van der Waals surface area contributed by atoms with Gasteiger partial charge < -0.3 is 14.8 Å². The van der Waals surface area contributed by atoms with E-state index < -0.39 is 11.7 Å². The Morgan fingerprint density at radius 3 is 2.00 bits per heavy atom. The fourth-order valence-corrected chi connectivity index (χ4v) is 2.73. The molecule has 0 aliphatic rings. The number of carbonyl (C=O) groups excluding carboxylic acids is 1. The van der Waals surface area contributed by atoms with Crippen LogP contribution < -0.4 is 10.6 Å². The van der Waals surface area contributed by atoms with Gasteiger partial charge in [0.15, 0.2) is 0 Å². The van der Waals surface area contributed by atoms with Gasteiger partial charge in [0.05, 0.1) is 0 Å². The Morgan fingerprint density at radius 2 is 1.47 bits per heavy atom. The number of hydrogen-bond donors (Lipinski definition) is 2. The highest BCUT2D eigenvalue weighted by Gasteiger charge is 2.16. The molecule has 5 nitrogen and oxygen atoms in total. The Balaban J connectivity index is 1.76. The molecule has 6 heteroatoms. The summed E-state index contributed by atoms with van der Waals surface area (Å²) >= 11 is 5.26. The molecule has 1 amide bonds. The van der Waals surface area contributed by atoms with Crippen molar-refractivity contribution in [3.8, 4) is 0 Å². The summed E-state index contributed by atoms with van der Waals surface area (Å²) in [4.78, 5) is 11.8. The largest absolute Gasteiger partial charge is 0.466 e. The molecular formula is C24H32N2O3S. The molecule has 2 aromatic carbocycles. The smallest absolute Gasteiger partial charge is 0.412 e. The van der Waals surface area contributed by atoms with Crippen LogP contribution in [-0.4, -0.2) is 16.9 Å². The Hall–Kier alpha value is -2.60. The molecule has 0 unspecified atom stereocenters. The second-order valence-corrected chi connectivity index (χ2v) is 9.57. The van der Waals surface area contributed by atoms with E-state index >= 15 is 0 Å². The Bertz CT molecular complexity index is 848. The fraction of sp³-hybridized carbons (Fsp3) is 0.417. The maximum absolute atomic E-state index is 11.8. The highest BCUT2D eigenvalue weighted by Crippen LogP contribution is 2.22. The molecule has 0 fully saturated rings. The van der Waals surface area contributed by atoms with Crippen LogP contribution in [0.25, 0.3) is 0 Å². The minimum Gasteiger partial charge on any atom is -0.466 e. The van der Waals surface area contributed by atoms with Gasteiger partial charge >= 0.3 is 6.09 Å². The number of amides is 1. The SMILES string of the molecule is CC(C)(C)OC(=O)Nc1ccc(COC(=S)NCc2ccc(C(C)(C)C)cc2)cc1. The lowest BCUT2D eigenvalue weighted by molar-refractivity contribution is 0.0636. The van der Waals surface area contributed by atoms with Crippen molar-refractivity contribution >= 4 is 29.2 Å². The number of anilines is 1. The molecule has 162 valence electrons. The highest BCUT2D eigenvalue weighted by molar-refractivity contribution is 7.80. The van der Waals surface area contributed by atoms with Crippen molar-refractivity contribution in [2.75, 3.05) is 5.32 Å². The number of hydrogen-bond acceptors (Lipinski definition) is 4. The summed E-state index contributed by atoms with van der Waals surface area (Å²) in [6.45, 7) is 13.0. The molecule has 0 atom stereocenters. The Labute approximate surface area is 185 Å². The van der Waals surface area contributed by atoms with Crippen LogP contribution in [0.1, 0.15) is 58.2 Å². The summed E-state index contributed by atoms with van der Waals surface area (Å²) in [6, 6.07) is 15.9. The van der Waals surface area contributed by atoms with Gasteiger partial charge in [-0.3, -0.25) is 5.32 Å². The van der Waals surface area contributed by atoms with Gasteiger partial charge in [-0.2, -0.15) is 0 Å². The lowest BCUT2D eigenvalue weighted by atomic mass is 9.87. The van der Waals surface area contributed by atoms with Crippen LogP contribution >= 0.6 is 12.2 Å². The number of benzene rings is 2. The van der Waals surface area contributed by atoms with Crippen LogP contribution in [-0.2, 0) is 28.0 Å². The second-order valence-electron chi connectivity index (χ2n) is 9.20. The first-order valence-electron chi connectivity index (χ1n) is 10.0. The fourth-order valence-electron chi connectivity index (χ4n) is 2.60. The Kier molecular flexibility index (Phi) is 7.84. The summed E-state index contributed by atoms with van der Waals surface area (Å²) < 4.78 is 10.9. The second kappa shape index (κ2) is 9.94. The van der Waals surface area contributed by atoms with E-state index in [2.05, 4.69) is 55.7 Å². The number of ether oxygens (including phenoxy) is 2. The summed E-state index contributed by atoms with van der Waals surface area (Å²) in [5.74, 6) is 0. The molecular weight excluding hydrogens is 396 g/mol. The zero-order valence-corrected chi connectivity index (χ0v) is 19.5.